The molecule has 0 aromatic carbocycles. The fourth-order valence-corrected chi connectivity index (χ4v) is 0.880. The van der Waals surface area contributed by atoms with Crippen molar-refractivity contribution in [3.8, 4) is 0 Å². The van der Waals surface area contributed by atoms with E-state index in [1.54, 1.807) is 0 Å². The van der Waals surface area contributed by atoms with Crippen LogP contribution in [-0.4, -0.2) is 40.6 Å². The molecule has 0 heterocycles. The molecule has 0 atom stereocenters. The number of unbranched alkanes of at least 4 members (excludes halogenated alkanes) is 4. The zero-order valence-electron chi connectivity index (χ0n) is 7.60. The van der Waals surface area contributed by atoms with E-state index in [2.05, 4.69) is 6.92 Å². The summed E-state index contributed by atoms with van der Waals surface area (Å²) in [7, 11) is 0. The molecule has 0 saturated carbocycles. The molecule has 0 aliphatic rings. The van der Waals surface area contributed by atoms with Gasteiger partial charge >= 0.3 is 5.97 Å². The normalized spacial score (nSPS) is 8.82. The molecule has 0 aliphatic heterocycles. The summed E-state index contributed by atoms with van der Waals surface area (Å²) in [5, 5.41) is 8.27. The van der Waals surface area contributed by atoms with Crippen LogP contribution in [-0.2, 0) is 4.79 Å². The smallest absolute Gasteiger partial charge is 0.303 e. The molecule has 2 nitrogen and oxygen atoms in total. The van der Waals surface area contributed by atoms with Gasteiger partial charge in [-0.05, 0) is 6.42 Å². The molecule has 3 heteroatoms. The van der Waals surface area contributed by atoms with Gasteiger partial charge in [-0.25, -0.2) is 0 Å². The van der Waals surface area contributed by atoms with E-state index in [9.17, 15) is 4.79 Å². The van der Waals surface area contributed by atoms with Crippen LogP contribution in [0, 0.1) is 0 Å². The predicted octanol–water partition coefficient (Wildman–Crippen LogP) is 2.05. The first-order valence-electron chi connectivity index (χ1n) is 3.99. The van der Waals surface area contributed by atoms with Gasteiger partial charge in [0.25, 0.3) is 0 Å². The number of carboxylic acids is 1. The van der Waals surface area contributed by atoms with Crippen molar-refractivity contribution < 1.29 is 9.90 Å². The van der Waals surface area contributed by atoms with Crippen molar-refractivity contribution in [2.45, 2.75) is 45.4 Å². The topological polar surface area (TPSA) is 37.3 Å². The largest absolute Gasteiger partial charge is 0.481 e. The van der Waals surface area contributed by atoms with Gasteiger partial charge < -0.3 is 5.11 Å². The molecular formula is C8H16NaO2. The summed E-state index contributed by atoms with van der Waals surface area (Å²) in [6.45, 7) is 2.15. The molecule has 11 heavy (non-hydrogen) atoms. The third-order valence-corrected chi connectivity index (χ3v) is 1.49. The Morgan fingerprint density at radius 1 is 1.18 bits per heavy atom. The van der Waals surface area contributed by atoms with Crippen LogP contribution < -0.4 is 0 Å². The Morgan fingerprint density at radius 2 is 1.73 bits per heavy atom. The molecule has 0 unspecified atom stereocenters. The van der Waals surface area contributed by atoms with Crippen LogP contribution in [0.2, 0.25) is 0 Å². The Hall–Kier alpha value is 0.470. The van der Waals surface area contributed by atoms with Crippen molar-refractivity contribution in [2.24, 2.45) is 0 Å². The van der Waals surface area contributed by atoms with Crippen LogP contribution in [0.5, 0.6) is 0 Å². The molecule has 0 fully saturated rings. The van der Waals surface area contributed by atoms with Gasteiger partial charge in [-0.1, -0.05) is 32.6 Å². The Morgan fingerprint density at radius 3 is 2.18 bits per heavy atom. The molecule has 1 N–H and O–H groups in total. The third kappa shape index (κ3) is 13.5. The second-order valence-electron chi connectivity index (χ2n) is 2.56. The second kappa shape index (κ2) is 10.5. The third-order valence-electron chi connectivity index (χ3n) is 1.49. The van der Waals surface area contributed by atoms with Gasteiger partial charge in [0, 0.05) is 36.0 Å². The van der Waals surface area contributed by atoms with Gasteiger partial charge in [0.2, 0.25) is 0 Å². The summed E-state index contributed by atoms with van der Waals surface area (Å²) in [4.78, 5) is 10.0. The fraction of sp³-hybridized carbons (Fsp3) is 0.875. The molecule has 0 spiro atoms. The molecule has 0 aromatic heterocycles. The SMILES string of the molecule is CCCCCCC[13C](=O)O.[Na]. The van der Waals surface area contributed by atoms with Gasteiger partial charge in [-0.2, -0.15) is 0 Å². The average molecular weight is 168 g/mol. The number of hydrogen-bond donors (Lipinski definition) is 1. The quantitative estimate of drug-likeness (QED) is 0.374. The van der Waals surface area contributed by atoms with Crippen molar-refractivity contribution in [3.63, 3.8) is 0 Å². The minimum absolute atomic E-state index is 0. The van der Waals surface area contributed by atoms with Crippen LogP contribution in [0.3, 0.4) is 0 Å². The van der Waals surface area contributed by atoms with E-state index in [0.29, 0.717) is 6.42 Å². The first kappa shape index (κ1) is 14.0. The van der Waals surface area contributed by atoms with Crippen molar-refractivity contribution in [1.82, 2.24) is 0 Å². The van der Waals surface area contributed by atoms with Crippen LogP contribution in [0.15, 0.2) is 0 Å². The number of carbonyl (C=O) groups is 1. The Balaban J connectivity index is 0. The van der Waals surface area contributed by atoms with Gasteiger partial charge in [-0.3, -0.25) is 4.79 Å². The first-order chi connectivity index (χ1) is 4.77. The summed E-state index contributed by atoms with van der Waals surface area (Å²) in [6, 6.07) is 0. The summed E-state index contributed by atoms with van der Waals surface area (Å²) >= 11 is 0. The zero-order chi connectivity index (χ0) is 7.82. The molecule has 0 rings (SSSR count). The van der Waals surface area contributed by atoms with Crippen molar-refractivity contribution in [1.29, 1.82) is 0 Å². The molecule has 1 radical (unpaired) electrons. The molecule has 61 valence electrons. The van der Waals surface area contributed by atoms with E-state index in [1.165, 1.54) is 19.3 Å². The fourth-order valence-electron chi connectivity index (χ4n) is 0.880. The maximum Gasteiger partial charge on any atom is 0.303 e. The Bertz CT molecular complexity index is 94.1. The number of aliphatic carboxylic acids is 1. The number of hydrogen-bond acceptors (Lipinski definition) is 1. The van der Waals surface area contributed by atoms with Crippen molar-refractivity contribution in [2.75, 3.05) is 0 Å². The minimum atomic E-state index is -0.670. The standard InChI is InChI=1S/C8H16O2.Na/c1-2-3-4-5-6-7-8(9)10;/h2-7H2,1H3,(H,9,10);/i8+1;. The van der Waals surface area contributed by atoms with E-state index < -0.39 is 5.97 Å². The summed E-state index contributed by atoms with van der Waals surface area (Å²) < 4.78 is 0. The monoisotopic (exact) mass is 168 g/mol. The van der Waals surface area contributed by atoms with Gasteiger partial charge in [-0.15, -0.1) is 0 Å². The van der Waals surface area contributed by atoms with Gasteiger partial charge in [0.1, 0.15) is 0 Å². The van der Waals surface area contributed by atoms with Crippen LogP contribution in [0.4, 0.5) is 0 Å². The van der Waals surface area contributed by atoms with Gasteiger partial charge in [0.15, 0.2) is 0 Å². The molecule has 0 aliphatic carbocycles. The van der Waals surface area contributed by atoms with E-state index in [1.807, 2.05) is 0 Å². The molecule has 0 amide bonds. The average Bonchev–Trinajstić information content (AvgIpc) is 1.87. The predicted molar refractivity (Wildman–Crippen MR) is 46.8 cm³/mol. The molecule has 0 saturated heterocycles. The van der Waals surface area contributed by atoms with E-state index >= 15 is 0 Å². The summed E-state index contributed by atoms with van der Waals surface area (Å²) in [6.07, 6.45) is 5.88. The molecule has 0 aromatic rings. The summed E-state index contributed by atoms with van der Waals surface area (Å²) in [5.41, 5.74) is 0. The Labute approximate surface area is 90.7 Å². The van der Waals surface area contributed by atoms with Crippen molar-refractivity contribution >= 4 is 35.5 Å². The van der Waals surface area contributed by atoms with E-state index in [-0.39, 0.29) is 29.6 Å². The van der Waals surface area contributed by atoms with Crippen LogP contribution >= 0.6 is 0 Å². The second-order valence-corrected chi connectivity index (χ2v) is 2.56. The van der Waals surface area contributed by atoms with E-state index in [4.69, 9.17) is 5.11 Å². The zero-order valence-corrected chi connectivity index (χ0v) is 9.60. The van der Waals surface area contributed by atoms with E-state index in [0.717, 1.165) is 12.8 Å². The minimum Gasteiger partial charge on any atom is -0.481 e. The first-order valence-corrected chi connectivity index (χ1v) is 3.99. The van der Waals surface area contributed by atoms with Gasteiger partial charge in [0.05, 0.1) is 0 Å². The summed E-state index contributed by atoms with van der Waals surface area (Å²) in [5.74, 6) is -0.670. The maximum atomic E-state index is 10.0. The Kier molecular flexibility index (Phi) is 13.3. The number of carboxylic acid groups (broad SMARTS) is 1. The van der Waals surface area contributed by atoms with Crippen molar-refractivity contribution in [3.05, 3.63) is 0 Å². The molecule has 0 bridgehead atoms. The van der Waals surface area contributed by atoms with Crippen LogP contribution in [0.1, 0.15) is 45.4 Å². The number of rotatable bonds is 6. The molecular weight excluding hydrogens is 152 g/mol. The maximum absolute atomic E-state index is 10.0. The van der Waals surface area contributed by atoms with Crippen LogP contribution in [0.25, 0.3) is 0 Å².